The molecule has 0 aliphatic carbocycles. The smallest absolute Gasteiger partial charge is 0.368 e. The summed E-state index contributed by atoms with van der Waals surface area (Å²) in [6.07, 6.45) is -4.84. The minimum absolute atomic E-state index is 0.00273. The van der Waals surface area contributed by atoms with Gasteiger partial charge in [-0.05, 0) is 48.9 Å². The molecule has 1 aliphatic rings. The minimum Gasteiger partial charge on any atom is -0.368 e. The Morgan fingerprint density at radius 3 is 2.17 bits per heavy atom. The maximum Gasteiger partial charge on any atom is 0.471 e. The van der Waals surface area contributed by atoms with Crippen molar-refractivity contribution in [1.29, 1.82) is 0 Å². The molecule has 5 nitrogen and oxygen atoms in total. The number of piperazine rings is 1. The first-order chi connectivity index (χ1) is 13.6. The highest BCUT2D eigenvalue weighted by Crippen LogP contribution is 2.24. The first kappa shape index (κ1) is 21.0. The number of benzene rings is 2. The molecule has 0 spiro atoms. The maximum absolute atomic E-state index is 12.5. The van der Waals surface area contributed by atoms with Crippen LogP contribution in [0.2, 0.25) is 5.02 Å². The molecule has 1 heterocycles. The zero-order valence-corrected chi connectivity index (χ0v) is 16.3. The van der Waals surface area contributed by atoms with Gasteiger partial charge in [-0.25, -0.2) is 0 Å². The second kappa shape index (κ2) is 8.32. The van der Waals surface area contributed by atoms with E-state index in [1.807, 2.05) is 11.8 Å². The molecule has 9 heteroatoms. The topological polar surface area (TPSA) is 52.7 Å². The maximum atomic E-state index is 12.5. The molecule has 0 bridgehead atoms. The van der Waals surface area contributed by atoms with Gasteiger partial charge in [0, 0.05) is 37.6 Å². The van der Waals surface area contributed by atoms with Gasteiger partial charge in [-0.3, -0.25) is 9.59 Å². The van der Waals surface area contributed by atoms with Crippen LogP contribution >= 0.6 is 11.6 Å². The average molecular weight is 426 g/mol. The van der Waals surface area contributed by atoms with E-state index in [9.17, 15) is 22.8 Å². The summed E-state index contributed by atoms with van der Waals surface area (Å²) in [5.41, 5.74) is 2.69. The van der Waals surface area contributed by atoms with Gasteiger partial charge in [-0.15, -0.1) is 0 Å². The Hall–Kier alpha value is -2.74. The summed E-state index contributed by atoms with van der Waals surface area (Å²) in [5.74, 6) is -2.13. The second-order valence-electron chi connectivity index (χ2n) is 6.76. The van der Waals surface area contributed by atoms with E-state index in [2.05, 4.69) is 5.32 Å². The molecular weight excluding hydrogens is 407 g/mol. The molecular formula is C20H19ClF3N3O2. The lowest BCUT2D eigenvalue weighted by Crippen LogP contribution is -2.52. The molecule has 29 heavy (non-hydrogen) atoms. The fourth-order valence-corrected chi connectivity index (χ4v) is 3.43. The Balaban J connectivity index is 1.59. The Labute approximate surface area is 171 Å². The van der Waals surface area contributed by atoms with Crippen molar-refractivity contribution in [3.05, 3.63) is 58.6 Å². The zero-order chi connectivity index (χ0) is 21.2. The molecule has 1 fully saturated rings. The number of anilines is 2. The highest BCUT2D eigenvalue weighted by Gasteiger charge is 2.43. The predicted octanol–water partition coefficient (Wildman–Crippen LogP) is 4.11. The van der Waals surface area contributed by atoms with Crippen LogP contribution in [-0.2, 0) is 4.79 Å². The Kier molecular flexibility index (Phi) is 6.02. The van der Waals surface area contributed by atoms with Gasteiger partial charge in [-0.2, -0.15) is 13.2 Å². The largest absolute Gasteiger partial charge is 0.471 e. The number of amides is 2. The van der Waals surface area contributed by atoms with Crippen LogP contribution in [-0.4, -0.2) is 49.1 Å². The molecule has 0 unspecified atom stereocenters. The number of carbonyl (C=O) groups is 2. The first-order valence-electron chi connectivity index (χ1n) is 8.94. The van der Waals surface area contributed by atoms with Crippen LogP contribution in [0.15, 0.2) is 42.5 Å². The van der Waals surface area contributed by atoms with Crippen molar-refractivity contribution < 1.29 is 22.8 Å². The molecule has 2 amide bonds. The van der Waals surface area contributed by atoms with E-state index in [1.54, 1.807) is 42.5 Å². The minimum atomic E-state index is -4.84. The summed E-state index contributed by atoms with van der Waals surface area (Å²) >= 11 is 6.11. The molecule has 2 aromatic rings. The lowest BCUT2D eigenvalue weighted by Gasteiger charge is -2.36. The van der Waals surface area contributed by atoms with Crippen molar-refractivity contribution in [2.45, 2.75) is 13.1 Å². The number of nitrogens with one attached hydrogen (secondary N) is 1. The van der Waals surface area contributed by atoms with E-state index >= 15 is 0 Å². The van der Waals surface area contributed by atoms with Crippen LogP contribution in [0.3, 0.4) is 0 Å². The van der Waals surface area contributed by atoms with Crippen LogP contribution in [0, 0.1) is 6.92 Å². The van der Waals surface area contributed by atoms with Gasteiger partial charge in [0.25, 0.3) is 5.91 Å². The van der Waals surface area contributed by atoms with E-state index in [-0.39, 0.29) is 19.0 Å². The summed E-state index contributed by atoms with van der Waals surface area (Å²) in [4.78, 5) is 26.4. The van der Waals surface area contributed by atoms with Crippen LogP contribution in [0.1, 0.15) is 15.9 Å². The number of aryl methyl sites for hydroxylation is 1. The molecule has 3 rings (SSSR count). The second-order valence-corrected chi connectivity index (χ2v) is 7.17. The van der Waals surface area contributed by atoms with Crippen LogP contribution in [0.4, 0.5) is 24.5 Å². The molecule has 0 atom stereocenters. The van der Waals surface area contributed by atoms with Crippen LogP contribution in [0.25, 0.3) is 0 Å². The monoisotopic (exact) mass is 425 g/mol. The summed E-state index contributed by atoms with van der Waals surface area (Å²) in [5, 5.41) is 3.13. The summed E-state index contributed by atoms with van der Waals surface area (Å²) in [6, 6.07) is 12.1. The molecule has 1 saturated heterocycles. The molecule has 0 saturated carbocycles. The van der Waals surface area contributed by atoms with Gasteiger partial charge in [-0.1, -0.05) is 17.7 Å². The third-order valence-corrected chi connectivity index (χ3v) is 4.98. The lowest BCUT2D eigenvalue weighted by atomic mass is 10.1. The summed E-state index contributed by atoms with van der Waals surface area (Å²) in [6.45, 7) is 2.48. The van der Waals surface area contributed by atoms with Crippen LogP contribution < -0.4 is 10.2 Å². The number of nitrogens with zero attached hydrogens (tertiary/aromatic N) is 2. The van der Waals surface area contributed by atoms with Gasteiger partial charge in [0.1, 0.15) is 0 Å². The summed E-state index contributed by atoms with van der Waals surface area (Å²) in [7, 11) is 0. The SMILES string of the molecule is Cc1ccc(C(=O)Nc2ccc(N3CCN(C(=O)C(F)(F)F)CC3)cc2)c(Cl)c1. The number of hydrogen-bond donors (Lipinski definition) is 1. The number of alkyl halides is 3. The normalized spacial score (nSPS) is 14.7. The molecule has 0 radical (unpaired) electrons. The molecule has 1 N–H and O–H groups in total. The predicted molar refractivity (Wildman–Crippen MR) is 105 cm³/mol. The Morgan fingerprint density at radius 2 is 1.62 bits per heavy atom. The van der Waals surface area contributed by atoms with Gasteiger partial charge in [0.15, 0.2) is 0 Å². The van der Waals surface area contributed by atoms with Crippen molar-refractivity contribution in [3.8, 4) is 0 Å². The number of carbonyl (C=O) groups excluding carboxylic acids is 2. The molecule has 154 valence electrons. The third-order valence-electron chi connectivity index (χ3n) is 4.67. The number of rotatable bonds is 3. The van der Waals surface area contributed by atoms with Crippen molar-refractivity contribution in [2.24, 2.45) is 0 Å². The first-order valence-corrected chi connectivity index (χ1v) is 9.31. The molecule has 2 aromatic carbocycles. The van der Waals surface area contributed by atoms with Crippen molar-refractivity contribution >= 4 is 34.8 Å². The standard InChI is InChI=1S/C20H19ClF3N3O2/c1-13-2-7-16(17(21)12-13)18(28)25-14-3-5-15(6-4-14)26-8-10-27(11-9-26)19(29)20(22,23)24/h2-7,12H,8-11H2,1H3,(H,25,28). The Morgan fingerprint density at radius 1 is 1.00 bits per heavy atom. The molecule has 1 aliphatic heterocycles. The fourth-order valence-electron chi connectivity index (χ4n) is 3.11. The van der Waals surface area contributed by atoms with E-state index in [4.69, 9.17) is 11.6 Å². The zero-order valence-electron chi connectivity index (χ0n) is 15.6. The van der Waals surface area contributed by atoms with Gasteiger partial charge >= 0.3 is 12.1 Å². The highest BCUT2D eigenvalue weighted by molar-refractivity contribution is 6.34. The highest BCUT2D eigenvalue weighted by atomic mass is 35.5. The lowest BCUT2D eigenvalue weighted by molar-refractivity contribution is -0.185. The Bertz CT molecular complexity index is 908. The molecule has 0 aromatic heterocycles. The quantitative estimate of drug-likeness (QED) is 0.805. The van der Waals surface area contributed by atoms with E-state index in [0.717, 1.165) is 16.2 Å². The average Bonchev–Trinajstić information content (AvgIpc) is 2.67. The van der Waals surface area contributed by atoms with E-state index in [1.165, 1.54) is 0 Å². The van der Waals surface area contributed by atoms with Gasteiger partial charge < -0.3 is 15.1 Å². The van der Waals surface area contributed by atoms with Crippen LogP contribution in [0.5, 0.6) is 0 Å². The van der Waals surface area contributed by atoms with Gasteiger partial charge in [0.05, 0.1) is 10.6 Å². The van der Waals surface area contributed by atoms with Crippen molar-refractivity contribution in [1.82, 2.24) is 4.90 Å². The summed E-state index contributed by atoms with van der Waals surface area (Å²) < 4.78 is 37.6. The number of hydrogen-bond acceptors (Lipinski definition) is 3. The third kappa shape index (κ3) is 5.00. The van der Waals surface area contributed by atoms with E-state index in [0.29, 0.717) is 29.4 Å². The number of halogens is 4. The van der Waals surface area contributed by atoms with E-state index < -0.39 is 12.1 Å². The van der Waals surface area contributed by atoms with Crippen molar-refractivity contribution in [2.75, 3.05) is 36.4 Å². The van der Waals surface area contributed by atoms with Crippen molar-refractivity contribution in [3.63, 3.8) is 0 Å². The van der Waals surface area contributed by atoms with Gasteiger partial charge in [0.2, 0.25) is 0 Å². The fraction of sp³-hybridized carbons (Fsp3) is 0.300.